The molecule has 0 radical (unpaired) electrons. The molecule has 1 aromatic carbocycles. The van der Waals surface area contributed by atoms with Gasteiger partial charge in [-0.3, -0.25) is 0 Å². The van der Waals surface area contributed by atoms with Crippen molar-refractivity contribution in [3.63, 3.8) is 0 Å². The van der Waals surface area contributed by atoms with E-state index in [1.54, 1.807) is 6.33 Å². The normalized spacial score (nSPS) is 16.1. The highest BCUT2D eigenvalue weighted by Crippen LogP contribution is 2.30. The number of hydrogen-bond acceptors (Lipinski definition) is 4. The van der Waals surface area contributed by atoms with Crippen molar-refractivity contribution >= 4 is 28.3 Å². The smallest absolute Gasteiger partial charge is 0.139 e. The number of anilines is 1. The van der Waals surface area contributed by atoms with E-state index in [0.717, 1.165) is 42.3 Å². The van der Waals surface area contributed by atoms with Crippen LogP contribution in [0.3, 0.4) is 0 Å². The third-order valence-electron chi connectivity index (χ3n) is 3.46. The molecule has 1 aliphatic rings. The molecule has 1 fully saturated rings. The number of halogens is 1. The van der Waals surface area contributed by atoms with E-state index >= 15 is 0 Å². The van der Waals surface area contributed by atoms with Crippen LogP contribution in [-0.4, -0.2) is 48.6 Å². The SMILES string of the molecule is CN(C)CC1CN(c2ncnc3cc(Cl)ccc23)C1. The number of nitrogens with zero attached hydrogens (tertiary/aromatic N) is 4. The number of hydrogen-bond donors (Lipinski definition) is 0. The Hall–Kier alpha value is -1.39. The maximum Gasteiger partial charge on any atom is 0.139 e. The van der Waals surface area contributed by atoms with E-state index in [0.29, 0.717) is 5.02 Å². The van der Waals surface area contributed by atoms with Gasteiger partial charge >= 0.3 is 0 Å². The fraction of sp³-hybridized carbons (Fsp3) is 0.429. The molecule has 1 saturated heterocycles. The summed E-state index contributed by atoms with van der Waals surface area (Å²) in [5.41, 5.74) is 0.911. The van der Waals surface area contributed by atoms with Gasteiger partial charge in [-0.25, -0.2) is 9.97 Å². The molecule has 5 heteroatoms. The molecule has 0 saturated carbocycles. The summed E-state index contributed by atoms with van der Waals surface area (Å²) in [5, 5.41) is 1.79. The Bertz CT molecular complexity index is 593. The van der Waals surface area contributed by atoms with Crippen LogP contribution < -0.4 is 4.90 Å². The van der Waals surface area contributed by atoms with E-state index in [1.807, 2.05) is 18.2 Å². The van der Waals surface area contributed by atoms with E-state index in [9.17, 15) is 0 Å². The number of fused-ring (bicyclic) bond motifs is 1. The highest BCUT2D eigenvalue weighted by molar-refractivity contribution is 6.31. The molecule has 3 rings (SSSR count). The molecule has 4 nitrogen and oxygen atoms in total. The molecule has 1 aromatic heterocycles. The van der Waals surface area contributed by atoms with Gasteiger partial charge < -0.3 is 9.80 Å². The maximum atomic E-state index is 6.00. The number of aromatic nitrogens is 2. The predicted molar refractivity (Wildman–Crippen MR) is 78.8 cm³/mol. The van der Waals surface area contributed by atoms with Crippen LogP contribution in [0.4, 0.5) is 5.82 Å². The average Bonchev–Trinajstić information content (AvgIpc) is 2.32. The monoisotopic (exact) mass is 276 g/mol. The first kappa shape index (κ1) is 12.6. The Morgan fingerprint density at radius 1 is 1.32 bits per heavy atom. The Kier molecular flexibility index (Phi) is 3.29. The van der Waals surface area contributed by atoms with Crippen molar-refractivity contribution in [1.82, 2.24) is 14.9 Å². The van der Waals surface area contributed by atoms with Gasteiger partial charge in [-0.05, 0) is 32.3 Å². The van der Waals surface area contributed by atoms with Crippen molar-refractivity contribution in [2.24, 2.45) is 5.92 Å². The summed E-state index contributed by atoms with van der Waals surface area (Å²) in [5.74, 6) is 1.75. The van der Waals surface area contributed by atoms with Crippen molar-refractivity contribution < 1.29 is 0 Å². The second kappa shape index (κ2) is 4.94. The highest BCUT2D eigenvalue weighted by atomic mass is 35.5. The molecule has 2 aromatic rings. The minimum absolute atomic E-state index is 0.714. The van der Waals surface area contributed by atoms with Gasteiger partial charge in [0, 0.05) is 36.0 Å². The Morgan fingerprint density at radius 3 is 2.84 bits per heavy atom. The van der Waals surface area contributed by atoms with Gasteiger partial charge in [0.1, 0.15) is 12.1 Å². The van der Waals surface area contributed by atoms with E-state index in [4.69, 9.17) is 11.6 Å². The summed E-state index contributed by atoms with van der Waals surface area (Å²) in [6, 6.07) is 5.79. The molecule has 0 atom stereocenters. The van der Waals surface area contributed by atoms with Crippen LogP contribution in [-0.2, 0) is 0 Å². The summed E-state index contributed by atoms with van der Waals surface area (Å²) >= 11 is 6.00. The molecule has 0 unspecified atom stereocenters. The molecule has 19 heavy (non-hydrogen) atoms. The molecule has 0 amide bonds. The van der Waals surface area contributed by atoms with Gasteiger partial charge in [-0.15, -0.1) is 0 Å². The quantitative estimate of drug-likeness (QED) is 0.861. The summed E-state index contributed by atoms with van der Waals surface area (Å²) in [6.07, 6.45) is 1.62. The van der Waals surface area contributed by atoms with Crippen LogP contribution in [0.25, 0.3) is 10.9 Å². The van der Waals surface area contributed by atoms with Crippen LogP contribution in [0, 0.1) is 5.92 Å². The van der Waals surface area contributed by atoms with Crippen molar-refractivity contribution in [3.05, 3.63) is 29.5 Å². The zero-order chi connectivity index (χ0) is 13.4. The standard InChI is InChI=1S/C14H17ClN4/c1-18(2)6-10-7-19(8-10)14-12-4-3-11(15)5-13(12)16-9-17-14/h3-5,9-10H,6-8H2,1-2H3. The predicted octanol–water partition coefficient (Wildman–Crippen LogP) is 2.28. The summed E-state index contributed by atoms with van der Waals surface area (Å²) in [6.45, 7) is 3.26. The van der Waals surface area contributed by atoms with Crippen LogP contribution >= 0.6 is 11.6 Å². The first-order valence-electron chi connectivity index (χ1n) is 6.43. The minimum Gasteiger partial charge on any atom is -0.355 e. The number of benzene rings is 1. The molecule has 1 aliphatic heterocycles. The first-order valence-corrected chi connectivity index (χ1v) is 6.81. The zero-order valence-corrected chi connectivity index (χ0v) is 11.9. The van der Waals surface area contributed by atoms with Crippen molar-refractivity contribution in [3.8, 4) is 0 Å². The molecular formula is C14H17ClN4. The van der Waals surface area contributed by atoms with E-state index < -0.39 is 0 Å². The third kappa shape index (κ3) is 2.51. The van der Waals surface area contributed by atoms with Gasteiger partial charge in [0.2, 0.25) is 0 Å². The fourth-order valence-corrected chi connectivity index (χ4v) is 2.81. The van der Waals surface area contributed by atoms with Crippen molar-refractivity contribution in [2.75, 3.05) is 38.6 Å². The fourth-order valence-electron chi connectivity index (χ4n) is 2.64. The third-order valence-corrected chi connectivity index (χ3v) is 3.69. The van der Waals surface area contributed by atoms with Crippen molar-refractivity contribution in [1.29, 1.82) is 0 Å². The minimum atomic E-state index is 0.714. The van der Waals surface area contributed by atoms with Crippen LogP contribution in [0.5, 0.6) is 0 Å². The second-order valence-corrected chi connectivity index (χ2v) is 5.83. The Balaban J connectivity index is 1.83. The second-order valence-electron chi connectivity index (χ2n) is 5.39. The number of rotatable bonds is 3. The van der Waals surface area contributed by atoms with E-state index in [2.05, 4.69) is 33.9 Å². The van der Waals surface area contributed by atoms with Crippen LogP contribution in [0.15, 0.2) is 24.5 Å². The van der Waals surface area contributed by atoms with Gasteiger partial charge in [0.25, 0.3) is 0 Å². The lowest BCUT2D eigenvalue weighted by atomic mass is 9.99. The van der Waals surface area contributed by atoms with Gasteiger partial charge in [-0.1, -0.05) is 11.6 Å². The molecular weight excluding hydrogens is 260 g/mol. The average molecular weight is 277 g/mol. The van der Waals surface area contributed by atoms with Crippen molar-refractivity contribution in [2.45, 2.75) is 0 Å². The van der Waals surface area contributed by atoms with Crippen LogP contribution in [0.2, 0.25) is 5.02 Å². The van der Waals surface area contributed by atoms with E-state index in [1.165, 1.54) is 0 Å². The molecule has 100 valence electrons. The Morgan fingerprint density at radius 2 is 2.11 bits per heavy atom. The van der Waals surface area contributed by atoms with E-state index in [-0.39, 0.29) is 0 Å². The first-order chi connectivity index (χ1) is 9.13. The Labute approximate surface area is 118 Å². The molecule has 0 N–H and O–H groups in total. The zero-order valence-electron chi connectivity index (χ0n) is 11.2. The maximum absolute atomic E-state index is 6.00. The van der Waals surface area contributed by atoms with Gasteiger partial charge in [0.15, 0.2) is 0 Å². The topological polar surface area (TPSA) is 32.3 Å². The van der Waals surface area contributed by atoms with Crippen LogP contribution in [0.1, 0.15) is 0 Å². The highest BCUT2D eigenvalue weighted by Gasteiger charge is 2.29. The summed E-state index contributed by atoms with van der Waals surface area (Å²) < 4.78 is 0. The van der Waals surface area contributed by atoms with Gasteiger partial charge in [-0.2, -0.15) is 0 Å². The lowest BCUT2D eigenvalue weighted by Gasteiger charge is -2.41. The molecule has 0 aliphatic carbocycles. The lowest BCUT2D eigenvalue weighted by Crippen LogP contribution is -2.51. The summed E-state index contributed by atoms with van der Waals surface area (Å²) in [7, 11) is 4.23. The van der Waals surface area contributed by atoms with Gasteiger partial charge in [0.05, 0.1) is 5.52 Å². The summed E-state index contributed by atoms with van der Waals surface area (Å²) in [4.78, 5) is 13.3. The molecule has 0 bridgehead atoms. The molecule has 0 spiro atoms. The molecule has 2 heterocycles. The largest absolute Gasteiger partial charge is 0.355 e. The lowest BCUT2D eigenvalue weighted by molar-refractivity contribution is 0.282.